The maximum absolute atomic E-state index is 13.3. The molecule has 0 aliphatic carbocycles. The van der Waals surface area contributed by atoms with Gasteiger partial charge in [0.05, 0.1) is 6.42 Å². The fourth-order valence-electron chi connectivity index (χ4n) is 3.05. The van der Waals surface area contributed by atoms with E-state index >= 15 is 0 Å². The van der Waals surface area contributed by atoms with Crippen molar-refractivity contribution >= 4 is 17.2 Å². The van der Waals surface area contributed by atoms with Gasteiger partial charge in [0.15, 0.2) is 5.65 Å². The van der Waals surface area contributed by atoms with Crippen molar-refractivity contribution in [1.82, 2.24) is 14.6 Å². The molecule has 0 fully saturated rings. The molecule has 0 atom stereocenters. The van der Waals surface area contributed by atoms with E-state index in [0.29, 0.717) is 5.69 Å². The normalized spacial score (nSPS) is 11.6. The minimum atomic E-state index is -2.90. The monoisotopic (exact) mass is 392 g/mol. The Morgan fingerprint density at radius 2 is 1.76 bits per heavy atom. The smallest absolute Gasteiger partial charge is 0.270 e. The van der Waals surface area contributed by atoms with Crippen molar-refractivity contribution in [2.24, 2.45) is 0 Å². The lowest BCUT2D eigenvalue weighted by atomic mass is 10.0. The van der Waals surface area contributed by atoms with Gasteiger partial charge >= 0.3 is 0 Å². The Hall–Kier alpha value is -3.61. The quantitative estimate of drug-likeness (QED) is 0.536. The van der Waals surface area contributed by atoms with Gasteiger partial charge in [-0.3, -0.25) is 4.79 Å². The van der Waals surface area contributed by atoms with Gasteiger partial charge in [0.1, 0.15) is 6.33 Å². The highest BCUT2D eigenvalue weighted by Gasteiger charge is 2.23. The van der Waals surface area contributed by atoms with Gasteiger partial charge in [-0.2, -0.15) is 5.10 Å². The third kappa shape index (κ3) is 4.29. The summed E-state index contributed by atoms with van der Waals surface area (Å²) in [4.78, 5) is 16.4. The van der Waals surface area contributed by atoms with E-state index in [2.05, 4.69) is 15.4 Å². The van der Waals surface area contributed by atoms with Crippen molar-refractivity contribution in [2.75, 3.05) is 5.32 Å². The second-order valence-electron chi connectivity index (χ2n) is 6.87. The van der Waals surface area contributed by atoms with Crippen LogP contribution in [0.25, 0.3) is 16.8 Å². The molecule has 4 rings (SSSR count). The molecule has 0 saturated carbocycles. The molecule has 7 heteroatoms. The van der Waals surface area contributed by atoms with E-state index in [-0.39, 0.29) is 17.9 Å². The summed E-state index contributed by atoms with van der Waals surface area (Å²) < 4.78 is 28.2. The van der Waals surface area contributed by atoms with Gasteiger partial charge in [-0.1, -0.05) is 36.4 Å². The van der Waals surface area contributed by atoms with Crippen molar-refractivity contribution < 1.29 is 13.6 Å². The number of aromatic nitrogens is 3. The molecule has 146 valence electrons. The van der Waals surface area contributed by atoms with Crippen LogP contribution < -0.4 is 5.32 Å². The summed E-state index contributed by atoms with van der Waals surface area (Å²) in [5, 5.41) is 6.81. The number of halogens is 2. The van der Waals surface area contributed by atoms with Crippen molar-refractivity contribution in [2.45, 2.75) is 19.3 Å². The number of hydrogen-bond acceptors (Lipinski definition) is 3. The first-order valence-corrected chi connectivity index (χ1v) is 9.05. The number of anilines is 1. The van der Waals surface area contributed by atoms with Crippen LogP contribution in [0.1, 0.15) is 18.1 Å². The molecule has 1 amide bonds. The largest absolute Gasteiger partial charge is 0.326 e. The lowest BCUT2D eigenvalue weighted by Crippen LogP contribution is -2.14. The fourth-order valence-corrected chi connectivity index (χ4v) is 3.05. The predicted molar refractivity (Wildman–Crippen MR) is 107 cm³/mol. The minimum Gasteiger partial charge on any atom is -0.326 e. The van der Waals surface area contributed by atoms with Crippen LogP contribution in [0.3, 0.4) is 0 Å². The number of carbonyl (C=O) groups excluding carboxylic acids is 1. The first-order chi connectivity index (χ1) is 13.9. The van der Waals surface area contributed by atoms with Gasteiger partial charge in [-0.25, -0.2) is 18.3 Å². The highest BCUT2D eigenvalue weighted by molar-refractivity contribution is 5.92. The zero-order valence-corrected chi connectivity index (χ0v) is 15.6. The number of pyridine rings is 1. The van der Waals surface area contributed by atoms with Gasteiger partial charge in [0.25, 0.3) is 5.92 Å². The van der Waals surface area contributed by atoms with Gasteiger partial charge in [-0.05, 0) is 41.0 Å². The molecule has 4 aromatic rings. The minimum absolute atomic E-state index is 0.0876. The molecule has 0 spiro atoms. The van der Waals surface area contributed by atoms with E-state index in [1.165, 1.54) is 30.6 Å². The molecule has 29 heavy (non-hydrogen) atoms. The van der Waals surface area contributed by atoms with Crippen molar-refractivity contribution in [3.63, 3.8) is 0 Å². The zero-order valence-electron chi connectivity index (χ0n) is 15.6. The number of benzene rings is 2. The molecule has 0 bridgehead atoms. The average Bonchev–Trinajstić information content (AvgIpc) is 3.16. The van der Waals surface area contributed by atoms with Crippen LogP contribution in [0.4, 0.5) is 14.5 Å². The van der Waals surface area contributed by atoms with Gasteiger partial charge < -0.3 is 5.32 Å². The number of alkyl halides is 2. The van der Waals surface area contributed by atoms with E-state index < -0.39 is 5.92 Å². The standard InChI is InChI=1S/C22H18F2N4O/c1-22(23,24)18-6-8-19(9-7-18)27-21(29)12-15-2-4-16(5-3-15)17-10-11-28-20(13-17)25-14-26-28/h2-11,13-14H,12H2,1H3,(H,27,29). The summed E-state index contributed by atoms with van der Waals surface area (Å²) in [5.74, 6) is -3.11. The maximum Gasteiger partial charge on any atom is 0.270 e. The average molecular weight is 392 g/mol. The summed E-state index contributed by atoms with van der Waals surface area (Å²) in [6, 6.07) is 17.2. The first kappa shape index (κ1) is 18.7. The Bertz CT molecular complexity index is 1150. The maximum atomic E-state index is 13.3. The predicted octanol–water partition coefficient (Wildman–Crippen LogP) is 4.69. The number of amides is 1. The first-order valence-electron chi connectivity index (χ1n) is 9.05. The Morgan fingerprint density at radius 1 is 1.03 bits per heavy atom. The van der Waals surface area contributed by atoms with E-state index in [9.17, 15) is 13.6 Å². The molecule has 2 heterocycles. The van der Waals surface area contributed by atoms with E-state index in [0.717, 1.165) is 29.3 Å². The second kappa shape index (κ2) is 7.43. The van der Waals surface area contributed by atoms with E-state index in [1.54, 1.807) is 4.52 Å². The Morgan fingerprint density at radius 3 is 2.45 bits per heavy atom. The summed E-state index contributed by atoms with van der Waals surface area (Å²) in [7, 11) is 0. The van der Waals surface area contributed by atoms with E-state index in [1.807, 2.05) is 42.6 Å². The summed E-state index contributed by atoms with van der Waals surface area (Å²) in [5.41, 5.74) is 4.03. The van der Waals surface area contributed by atoms with Gasteiger partial charge in [0, 0.05) is 24.4 Å². The Balaban J connectivity index is 1.41. The topological polar surface area (TPSA) is 59.3 Å². The van der Waals surface area contributed by atoms with Crippen molar-refractivity contribution in [1.29, 1.82) is 0 Å². The molecule has 2 aromatic heterocycles. The lowest BCUT2D eigenvalue weighted by molar-refractivity contribution is -0.115. The number of fused-ring (bicyclic) bond motifs is 1. The Labute approximate surface area is 166 Å². The van der Waals surface area contributed by atoms with Crippen LogP contribution in [-0.2, 0) is 17.1 Å². The second-order valence-corrected chi connectivity index (χ2v) is 6.87. The van der Waals surface area contributed by atoms with Crippen molar-refractivity contribution in [3.05, 3.63) is 84.3 Å². The number of hydrogen-bond donors (Lipinski definition) is 1. The molecular weight excluding hydrogens is 374 g/mol. The number of nitrogens with one attached hydrogen (secondary N) is 1. The molecule has 0 aliphatic rings. The van der Waals surface area contributed by atoms with Gasteiger partial charge in [-0.15, -0.1) is 0 Å². The summed E-state index contributed by atoms with van der Waals surface area (Å²) in [6.45, 7) is 0.842. The molecule has 0 saturated heterocycles. The van der Waals surface area contributed by atoms with E-state index in [4.69, 9.17) is 0 Å². The van der Waals surface area contributed by atoms with Crippen LogP contribution >= 0.6 is 0 Å². The summed E-state index contributed by atoms with van der Waals surface area (Å²) >= 11 is 0. The van der Waals surface area contributed by atoms with Crippen LogP contribution in [-0.4, -0.2) is 20.5 Å². The van der Waals surface area contributed by atoms with Crippen LogP contribution in [0.5, 0.6) is 0 Å². The highest BCUT2D eigenvalue weighted by atomic mass is 19.3. The molecule has 0 unspecified atom stereocenters. The Kier molecular flexibility index (Phi) is 4.80. The number of rotatable bonds is 5. The molecule has 0 radical (unpaired) electrons. The summed E-state index contributed by atoms with van der Waals surface area (Å²) in [6.07, 6.45) is 3.54. The fraction of sp³-hybridized carbons (Fsp3) is 0.136. The van der Waals surface area contributed by atoms with Crippen LogP contribution in [0.2, 0.25) is 0 Å². The number of carbonyl (C=O) groups is 1. The highest BCUT2D eigenvalue weighted by Crippen LogP contribution is 2.27. The molecule has 2 aromatic carbocycles. The third-order valence-corrected chi connectivity index (χ3v) is 4.61. The molecular formula is C22H18F2N4O. The van der Waals surface area contributed by atoms with Crippen molar-refractivity contribution in [3.8, 4) is 11.1 Å². The number of nitrogens with zero attached hydrogens (tertiary/aromatic N) is 3. The zero-order chi connectivity index (χ0) is 20.4. The van der Waals surface area contributed by atoms with Crippen LogP contribution in [0, 0.1) is 0 Å². The van der Waals surface area contributed by atoms with Crippen LogP contribution in [0.15, 0.2) is 73.2 Å². The molecule has 5 nitrogen and oxygen atoms in total. The SMILES string of the molecule is CC(F)(F)c1ccc(NC(=O)Cc2ccc(-c3ccn4ncnc4c3)cc2)cc1. The lowest BCUT2D eigenvalue weighted by Gasteiger charge is -2.11. The van der Waals surface area contributed by atoms with Gasteiger partial charge in [0.2, 0.25) is 5.91 Å². The third-order valence-electron chi connectivity index (χ3n) is 4.61. The molecule has 0 aliphatic heterocycles. The molecule has 1 N–H and O–H groups in total.